The van der Waals surface area contributed by atoms with E-state index in [9.17, 15) is 18.3 Å². The molecule has 10 nitrogen and oxygen atoms in total. The number of fused-ring (bicyclic) bond motifs is 1. The molecule has 1 N–H and O–H groups in total. The minimum atomic E-state index is -3.72. The molecule has 41 heavy (non-hydrogen) atoms. The highest BCUT2D eigenvalue weighted by Gasteiger charge is 2.57. The lowest BCUT2D eigenvalue weighted by atomic mass is 10.1. The first-order valence-corrected chi connectivity index (χ1v) is 15.4. The predicted octanol–water partition coefficient (Wildman–Crippen LogP) is 4.03. The number of benzene rings is 2. The lowest BCUT2D eigenvalue weighted by Crippen LogP contribution is -2.60. The zero-order valence-corrected chi connectivity index (χ0v) is 23.7. The molecule has 1 saturated carbocycles. The van der Waals surface area contributed by atoms with Crippen molar-refractivity contribution in [3.05, 3.63) is 90.4 Å². The summed E-state index contributed by atoms with van der Waals surface area (Å²) >= 11 is 0. The van der Waals surface area contributed by atoms with E-state index in [1.807, 2.05) is 48.5 Å². The van der Waals surface area contributed by atoms with Crippen LogP contribution in [0.3, 0.4) is 0 Å². The average Bonchev–Trinajstić information content (AvgIpc) is 3.58. The Morgan fingerprint density at radius 1 is 0.902 bits per heavy atom. The van der Waals surface area contributed by atoms with E-state index in [2.05, 4.69) is 27.0 Å². The van der Waals surface area contributed by atoms with E-state index in [-0.39, 0.29) is 0 Å². The van der Waals surface area contributed by atoms with Crippen molar-refractivity contribution in [2.24, 2.45) is 0 Å². The van der Waals surface area contributed by atoms with E-state index >= 15 is 0 Å². The van der Waals surface area contributed by atoms with Gasteiger partial charge < -0.3 is 10.0 Å². The molecule has 2 aromatic carbocycles. The minimum Gasteiger partial charge on any atom is -0.464 e. The van der Waals surface area contributed by atoms with Gasteiger partial charge in [-0.05, 0) is 49.3 Å². The number of aryl methyl sites for hydroxylation is 1. The first-order valence-electron chi connectivity index (χ1n) is 14.0. The lowest BCUT2D eigenvalue weighted by Gasteiger charge is -2.43. The van der Waals surface area contributed by atoms with Gasteiger partial charge >= 0.3 is 6.09 Å². The first-order chi connectivity index (χ1) is 19.9. The largest absolute Gasteiger partial charge is 0.464 e. The Bertz CT molecular complexity index is 1620. The summed E-state index contributed by atoms with van der Waals surface area (Å²) in [6.07, 6.45) is 5.51. The van der Waals surface area contributed by atoms with Gasteiger partial charge in [-0.3, -0.25) is 0 Å². The summed E-state index contributed by atoms with van der Waals surface area (Å²) in [5.41, 5.74) is 2.15. The molecule has 2 aliphatic rings. The Labute approximate surface area is 240 Å². The zero-order chi connectivity index (χ0) is 28.5. The predicted molar refractivity (Wildman–Crippen MR) is 157 cm³/mol. The summed E-state index contributed by atoms with van der Waals surface area (Å²) in [7, 11) is -3.72. The second kappa shape index (κ2) is 11.2. The van der Waals surface area contributed by atoms with Crippen LogP contribution in [0.5, 0.6) is 0 Å². The maximum absolute atomic E-state index is 14.3. The summed E-state index contributed by atoms with van der Waals surface area (Å²) in [5.74, 6) is 0.641. The third-order valence-corrected chi connectivity index (χ3v) is 10.3. The van der Waals surface area contributed by atoms with Crippen LogP contribution < -0.4 is 4.90 Å². The van der Waals surface area contributed by atoms with E-state index in [1.165, 1.54) is 18.1 Å². The van der Waals surface area contributed by atoms with Crippen LogP contribution in [0.25, 0.3) is 11.0 Å². The molecular formula is C30H34N6O4S. The molecule has 2 fully saturated rings. The molecule has 0 atom stereocenters. The number of hydrogen-bond acceptors (Lipinski definition) is 6. The van der Waals surface area contributed by atoms with Gasteiger partial charge in [0.1, 0.15) is 12.1 Å². The normalized spacial score (nSPS) is 17.0. The Balaban J connectivity index is 1.21. The number of hydrogen-bond donors (Lipinski definition) is 1. The monoisotopic (exact) mass is 574 g/mol. The van der Waals surface area contributed by atoms with E-state index in [0.717, 1.165) is 35.8 Å². The van der Waals surface area contributed by atoms with E-state index in [4.69, 9.17) is 0 Å². The molecule has 1 saturated heterocycles. The van der Waals surface area contributed by atoms with Crippen molar-refractivity contribution >= 4 is 33.2 Å². The van der Waals surface area contributed by atoms with Gasteiger partial charge in [0.25, 0.3) is 10.2 Å². The molecule has 11 heteroatoms. The van der Waals surface area contributed by atoms with Gasteiger partial charge in [0.15, 0.2) is 5.65 Å². The fourth-order valence-electron chi connectivity index (χ4n) is 5.88. The molecule has 6 rings (SSSR count). The van der Waals surface area contributed by atoms with Gasteiger partial charge in [0.2, 0.25) is 0 Å². The van der Waals surface area contributed by atoms with Gasteiger partial charge in [-0.25, -0.2) is 19.3 Å². The molecule has 214 valence electrons. The highest BCUT2D eigenvalue weighted by molar-refractivity contribution is 7.86. The van der Waals surface area contributed by atoms with Gasteiger partial charge in [-0.1, -0.05) is 60.7 Å². The number of carbonyl (C=O) groups is 1. The van der Waals surface area contributed by atoms with Crippen molar-refractivity contribution in [2.75, 3.05) is 37.6 Å². The minimum absolute atomic E-state index is 0.327. The molecule has 1 aliphatic carbocycles. The molecule has 0 unspecified atom stereocenters. The van der Waals surface area contributed by atoms with Crippen LogP contribution in [0.4, 0.5) is 10.6 Å². The fourth-order valence-corrected chi connectivity index (χ4v) is 7.89. The second-order valence-electron chi connectivity index (χ2n) is 10.9. The van der Waals surface area contributed by atoms with Crippen LogP contribution in [0.15, 0.2) is 79.3 Å². The number of nitrogens with zero attached hydrogens (tertiary/aromatic N) is 6. The lowest BCUT2D eigenvalue weighted by molar-refractivity contribution is 0.197. The maximum atomic E-state index is 14.3. The van der Waals surface area contributed by atoms with Crippen molar-refractivity contribution in [1.82, 2.24) is 23.1 Å². The van der Waals surface area contributed by atoms with Gasteiger partial charge in [-0.2, -0.15) is 17.0 Å². The van der Waals surface area contributed by atoms with Crippen molar-refractivity contribution in [2.45, 2.75) is 37.6 Å². The number of rotatable bonds is 10. The van der Waals surface area contributed by atoms with Crippen molar-refractivity contribution in [3.63, 3.8) is 0 Å². The number of aromatic nitrogens is 3. The topological polar surface area (TPSA) is 112 Å². The number of anilines is 1. The summed E-state index contributed by atoms with van der Waals surface area (Å²) in [6, 6.07) is 21.9. The highest BCUT2D eigenvalue weighted by atomic mass is 32.2. The molecular weight excluding hydrogens is 540 g/mol. The maximum Gasteiger partial charge on any atom is 0.417 e. The van der Waals surface area contributed by atoms with Crippen molar-refractivity contribution < 1.29 is 18.3 Å². The van der Waals surface area contributed by atoms with Crippen molar-refractivity contribution in [3.8, 4) is 0 Å². The fraction of sp³-hybridized carbons (Fsp3) is 0.367. The summed E-state index contributed by atoms with van der Waals surface area (Å²) in [4.78, 5) is 22.3. The molecule has 0 amide bonds. The van der Waals surface area contributed by atoms with E-state index < -0.39 is 21.8 Å². The first kappa shape index (κ1) is 27.4. The highest BCUT2D eigenvalue weighted by Crippen LogP contribution is 2.47. The van der Waals surface area contributed by atoms with Crippen molar-refractivity contribution in [1.29, 1.82) is 0 Å². The molecule has 4 aromatic rings. The molecule has 1 spiro atoms. The summed E-state index contributed by atoms with van der Waals surface area (Å²) in [5, 5.41) is 10.1. The molecule has 2 aromatic heterocycles. The Morgan fingerprint density at radius 2 is 1.59 bits per heavy atom. The number of carboxylic acid groups (broad SMARTS) is 1. The zero-order valence-electron chi connectivity index (χ0n) is 22.8. The number of piperazine rings is 1. The third kappa shape index (κ3) is 5.57. The molecule has 0 bridgehead atoms. The molecule has 3 heterocycles. The van der Waals surface area contributed by atoms with Crippen LogP contribution in [-0.4, -0.2) is 81.0 Å². The Hall–Kier alpha value is -3.80. The van der Waals surface area contributed by atoms with Crippen LogP contribution in [0, 0.1) is 0 Å². The van der Waals surface area contributed by atoms with Crippen LogP contribution in [0.2, 0.25) is 0 Å². The SMILES string of the molecule is O=C(O)n1ccc2c(N3CCN(S(=O)(=O)N(CCCc4ccccc4)CCc4ccccc4)C4(CC4)C3)ncnc21. The van der Waals surface area contributed by atoms with Crippen LogP contribution >= 0.6 is 0 Å². The van der Waals surface area contributed by atoms with Gasteiger partial charge in [0, 0.05) is 38.9 Å². The van der Waals surface area contributed by atoms with Crippen LogP contribution in [-0.2, 0) is 23.1 Å². The second-order valence-corrected chi connectivity index (χ2v) is 12.7. The van der Waals surface area contributed by atoms with Gasteiger partial charge in [0.05, 0.1) is 10.9 Å². The smallest absolute Gasteiger partial charge is 0.417 e. The third-order valence-electron chi connectivity index (χ3n) is 8.19. The quantitative estimate of drug-likeness (QED) is 0.304. The summed E-state index contributed by atoms with van der Waals surface area (Å²) < 4.78 is 33.0. The average molecular weight is 575 g/mol. The Kier molecular flexibility index (Phi) is 7.50. The van der Waals surface area contributed by atoms with Gasteiger partial charge in [-0.15, -0.1) is 0 Å². The summed E-state index contributed by atoms with van der Waals surface area (Å²) in [6.45, 7) is 2.19. The standard InChI is InChI=1S/C30H34N6O4S/c37-29(38)35-19-14-26-27(31-23-32-28(26)35)33-20-21-36(30(22-33)15-16-30)41(39,40)34(18-13-25-10-5-2-6-11-25)17-7-12-24-8-3-1-4-9-24/h1-6,8-11,14,19,23H,7,12-13,15-18,20-22H2,(H,37,38). The molecule has 0 radical (unpaired) electrons. The van der Waals surface area contributed by atoms with E-state index in [1.54, 1.807) is 14.7 Å². The van der Waals surface area contributed by atoms with E-state index in [0.29, 0.717) is 56.0 Å². The molecule has 1 aliphatic heterocycles. The van der Waals surface area contributed by atoms with Crippen LogP contribution in [0.1, 0.15) is 30.4 Å². The Morgan fingerprint density at radius 3 is 2.24 bits per heavy atom.